The standard InChI is InChI=1S/C17H16Cl2N2O3/c1-10(2)24-15-6-4-3-5-14(15)21-17(23)16(22)20-13-8-11(18)7-12(19)9-13/h3-10H,1-2H3,(H,20,22)(H,21,23). The van der Waals surface area contributed by atoms with E-state index >= 15 is 0 Å². The van der Waals surface area contributed by atoms with Gasteiger partial charge in [0.15, 0.2) is 0 Å². The lowest BCUT2D eigenvalue weighted by Crippen LogP contribution is -2.29. The third-order valence-corrected chi connectivity index (χ3v) is 3.26. The minimum absolute atomic E-state index is 0.0644. The Morgan fingerprint density at radius 2 is 1.54 bits per heavy atom. The summed E-state index contributed by atoms with van der Waals surface area (Å²) in [5.74, 6) is -1.18. The van der Waals surface area contributed by atoms with E-state index in [-0.39, 0.29) is 6.10 Å². The molecule has 0 fully saturated rings. The van der Waals surface area contributed by atoms with Gasteiger partial charge in [0.1, 0.15) is 5.75 Å². The van der Waals surface area contributed by atoms with Gasteiger partial charge in [-0.05, 0) is 44.2 Å². The minimum Gasteiger partial charge on any atom is -0.489 e. The van der Waals surface area contributed by atoms with Crippen molar-refractivity contribution in [1.29, 1.82) is 0 Å². The smallest absolute Gasteiger partial charge is 0.314 e. The number of hydrogen-bond donors (Lipinski definition) is 2. The van der Waals surface area contributed by atoms with Crippen molar-refractivity contribution in [3.63, 3.8) is 0 Å². The van der Waals surface area contributed by atoms with E-state index in [4.69, 9.17) is 27.9 Å². The van der Waals surface area contributed by atoms with Crippen molar-refractivity contribution in [2.45, 2.75) is 20.0 Å². The highest BCUT2D eigenvalue weighted by atomic mass is 35.5. The van der Waals surface area contributed by atoms with Crippen molar-refractivity contribution in [2.24, 2.45) is 0 Å². The second kappa shape index (κ2) is 8.04. The van der Waals surface area contributed by atoms with E-state index in [1.807, 2.05) is 13.8 Å². The molecule has 7 heteroatoms. The molecule has 126 valence electrons. The van der Waals surface area contributed by atoms with E-state index in [0.29, 0.717) is 27.2 Å². The Morgan fingerprint density at radius 3 is 2.17 bits per heavy atom. The zero-order valence-corrected chi connectivity index (χ0v) is 14.6. The Hall–Kier alpha value is -2.24. The molecule has 0 unspecified atom stereocenters. The van der Waals surface area contributed by atoms with Gasteiger partial charge in [-0.1, -0.05) is 35.3 Å². The molecular formula is C17H16Cl2N2O3. The first-order chi connectivity index (χ1) is 11.3. The Bertz CT molecular complexity index is 743. The Morgan fingerprint density at radius 1 is 0.958 bits per heavy atom. The summed E-state index contributed by atoms with van der Waals surface area (Å²) in [4.78, 5) is 24.1. The fourth-order valence-corrected chi connectivity index (χ4v) is 2.45. The van der Waals surface area contributed by atoms with Crippen LogP contribution in [0.3, 0.4) is 0 Å². The molecule has 0 bridgehead atoms. The Kier molecular flexibility index (Phi) is 6.06. The molecule has 0 spiro atoms. The third-order valence-electron chi connectivity index (χ3n) is 2.82. The maximum Gasteiger partial charge on any atom is 0.314 e. The van der Waals surface area contributed by atoms with Gasteiger partial charge in [0, 0.05) is 15.7 Å². The molecule has 2 rings (SSSR count). The maximum atomic E-state index is 12.1. The highest BCUT2D eigenvalue weighted by molar-refractivity contribution is 6.44. The molecule has 5 nitrogen and oxygen atoms in total. The van der Waals surface area contributed by atoms with Gasteiger partial charge in [0.25, 0.3) is 0 Å². The van der Waals surface area contributed by atoms with E-state index < -0.39 is 11.8 Å². The lowest BCUT2D eigenvalue weighted by atomic mass is 10.2. The van der Waals surface area contributed by atoms with Crippen molar-refractivity contribution in [3.8, 4) is 5.75 Å². The van der Waals surface area contributed by atoms with Crippen molar-refractivity contribution in [3.05, 3.63) is 52.5 Å². The van der Waals surface area contributed by atoms with Crippen LogP contribution in [0.5, 0.6) is 5.75 Å². The first-order valence-corrected chi connectivity index (χ1v) is 7.95. The lowest BCUT2D eigenvalue weighted by molar-refractivity contribution is -0.133. The van der Waals surface area contributed by atoms with Crippen molar-refractivity contribution < 1.29 is 14.3 Å². The number of carbonyl (C=O) groups excluding carboxylic acids is 2. The molecule has 0 aliphatic carbocycles. The van der Waals surface area contributed by atoms with Gasteiger partial charge in [-0.3, -0.25) is 9.59 Å². The number of benzene rings is 2. The van der Waals surface area contributed by atoms with Crippen LogP contribution in [-0.2, 0) is 9.59 Å². The Balaban J connectivity index is 2.08. The van der Waals surface area contributed by atoms with Crippen molar-refractivity contribution >= 4 is 46.4 Å². The third kappa shape index (κ3) is 5.15. The van der Waals surface area contributed by atoms with Gasteiger partial charge in [0.2, 0.25) is 0 Å². The average Bonchev–Trinajstić information content (AvgIpc) is 2.47. The normalized spacial score (nSPS) is 10.4. The van der Waals surface area contributed by atoms with Crippen LogP contribution in [0.4, 0.5) is 11.4 Å². The van der Waals surface area contributed by atoms with Gasteiger partial charge >= 0.3 is 11.8 Å². The van der Waals surface area contributed by atoms with Crippen LogP contribution < -0.4 is 15.4 Å². The van der Waals surface area contributed by atoms with Gasteiger partial charge in [-0.25, -0.2) is 0 Å². The predicted octanol–water partition coefficient (Wildman–Crippen LogP) is 4.36. The molecule has 0 radical (unpaired) electrons. The average molecular weight is 367 g/mol. The first kappa shape index (κ1) is 18.1. The van der Waals surface area contributed by atoms with Gasteiger partial charge in [-0.2, -0.15) is 0 Å². The van der Waals surface area contributed by atoms with Crippen LogP contribution >= 0.6 is 23.2 Å². The predicted molar refractivity (Wildman–Crippen MR) is 95.9 cm³/mol. The highest BCUT2D eigenvalue weighted by Gasteiger charge is 2.17. The van der Waals surface area contributed by atoms with Crippen LogP contribution in [0, 0.1) is 0 Å². The number of para-hydroxylation sites is 2. The van der Waals surface area contributed by atoms with Gasteiger partial charge in [-0.15, -0.1) is 0 Å². The number of amides is 2. The molecule has 2 aromatic carbocycles. The largest absolute Gasteiger partial charge is 0.489 e. The number of hydrogen-bond acceptors (Lipinski definition) is 3. The summed E-state index contributed by atoms with van der Waals surface area (Å²) in [6.07, 6.45) is -0.0644. The van der Waals surface area contributed by atoms with Gasteiger partial charge in [0.05, 0.1) is 11.8 Å². The van der Waals surface area contributed by atoms with Crippen molar-refractivity contribution in [2.75, 3.05) is 10.6 Å². The van der Waals surface area contributed by atoms with Crippen LogP contribution in [-0.4, -0.2) is 17.9 Å². The molecule has 0 saturated carbocycles. The second-order valence-electron chi connectivity index (χ2n) is 5.23. The number of nitrogens with one attached hydrogen (secondary N) is 2. The quantitative estimate of drug-likeness (QED) is 0.790. The van der Waals surface area contributed by atoms with E-state index in [2.05, 4.69) is 10.6 Å². The lowest BCUT2D eigenvalue weighted by Gasteiger charge is -2.14. The molecule has 0 aliphatic heterocycles. The topological polar surface area (TPSA) is 67.4 Å². The summed E-state index contributed by atoms with van der Waals surface area (Å²) in [5.41, 5.74) is 0.745. The number of halogens is 2. The molecule has 2 aromatic rings. The monoisotopic (exact) mass is 366 g/mol. The molecule has 0 aliphatic rings. The first-order valence-electron chi connectivity index (χ1n) is 7.19. The zero-order chi connectivity index (χ0) is 17.7. The van der Waals surface area contributed by atoms with E-state index in [1.165, 1.54) is 18.2 Å². The van der Waals surface area contributed by atoms with Crippen LogP contribution in [0.2, 0.25) is 10.0 Å². The van der Waals surface area contributed by atoms with Crippen LogP contribution in [0.15, 0.2) is 42.5 Å². The summed E-state index contributed by atoms with van der Waals surface area (Å²) in [7, 11) is 0. The molecule has 2 N–H and O–H groups in total. The molecule has 0 heterocycles. The summed E-state index contributed by atoms with van der Waals surface area (Å²) in [6.45, 7) is 3.74. The van der Waals surface area contributed by atoms with E-state index in [0.717, 1.165) is 0 Å². The summed E-state index contributed by atoms with van der Waals surface area (Å²) in [5, 5.41) is 5.68. The number of anilines is 2. The molecule has 0 saturated heterocycles. The highest BCUT2D eigenvalue weighted by Crippen LogP contribution is 2.25. The molecule has 0 atom stereocenters. The molecule has 0 aromatic heterocycles. The molecule has 2 amide bonds. The fraction of sp³-hybridized carbons (Fsp3) is 0.176. The van der Waals surface area contributed by atoms with Crippen LogP contribution in [0.25, 0.3) is 0 Å². The second-order valence-corrected chi connectivity index (χ2v) is 6.10. The number of carbonyl (C=O) groups is 2. The molecule has 24 heavy (non-hydrogen) atoms. The zero-order valence-electron chi connectivity index (χ0n) is 13.1. The van der Waals surface area contributed by atoms with E-state index in [9.17, 15) is 9.59 Å². The number of rotatable bonds is 4. The summed E-state index contributed by atoms with van der Waals surface area (Å²) in [6, 6.07) is 11.4. The van der Waals surface area contributed by atoms with E-state index in [1.54, 1.807) is 24.3 Å². The summed E-state index contributed by atoms with van der Waals surface area (Å²) >= 11 is 11.7. The van der Waals surface area contributed by atoms with Crippen LogP contribution in [0.1, 0.15) is 13.8 Å². The van der Waals surface area contributed by atoms with Gasteiger partial charge < -0.3 is 15.4 Å². The Labute approximate surface area is 149 Å². The fourth-order valence-electron chi connectivity index (χ4n) is 1.92. The minimum atomic E-state index is -0.840. The maximum absolute atomic E-state index is 12.1. The SMILES string of the molecule is CC(C)Oc1ccccc1NC(=O)C(=O)Nc1cc(Cl)cc(Cl)c1. The summed E-state index contributed by atoms with van der Waals surface area (Å²) < 4.78 is 5.59. The van der Waals surface area contributed by atoms with Crippen molar-refractivity contribution in [1.82, 2.24) is 0 Å². The number of ether oxygens (including phenoxy) is 1. The molecular weight excluding hydrogens is 351 g/mol.